The molecule has 1 unspecified atom stereocenters. The summed E-state index contributed by atoms with van der Waals surface area (Å²) in [6, 6.07) is 2.28. The van der Waals surface area contributed by atoms with Gasteiger partial charge in [0.1, 0.15) is 11.3 Å². The van der Waals surface area contributed by atoms with Crippen LogP contribution in [0.5, 0.6) is 5.75 Å². The number of hydrogen-bond donors (Lipinski definition) is 3. The molecule has 0 aromatic heterocycles. The van der Waals surface area contributed by atoms with Gasteiger partial charge in [0, 0.05) is 0 Å². The SMILES string of the molecule is CCOc1ccc(S(=O)(=O)NC(C)C(N)=O)cc1C(=O)O. The van der Waals surface area contributed by atoms with E-state index in [9.17, 15) is 18.0 Å². The van der Waals surface area contributed by atoms with Crippen molar-refractivity contribution in [3.05, 3.63) is 23.8 Å². The predicted molar refractivity (Wildman–Crippen MR) is 73.5 cm³/mol. The third kappa shape index (κ3) is 4.17. The molecule has 1 aromatic rings. The van der Waals surface area contributed by atoms with Crippen LogP contribution in [0.15, 0.2) is 23.1 Å². The van der Waals surface area contributed by atoms with Crippen molar-refractivity contribution in [1.82, 2.24) is 4.72 Å². The molecule has 1 atom stereocenters. The minimum Gasteiger partial charge on any atom is -0.493 e. The molecule has 21 heavy (non-hydrogen) atoms. The summed E-state index contributed by atoms with van der Waals surface area (Å²) in [5.74, 6) is -2.10. The van der Waals surface area contributed by atoms with Gasteiger partial charge in [-0.25, -0.2) is 13.2 Å². The summed E-state index contributed by atoms with van der Waals surface area (Å²) in [5.41, 5.74) is 4.70. The summed E-state index contributed by atoms with van der Waals surface area (Å²) in [4.78, 5) is 21.7. The molecule has 1 rings (SSSR count). The topological polar surface area (TPSA) is 136 Å². The Morgan fingerprint density at radius 1 is 1.43 bits per heavy atom. The van der Waals surface area contributed by atoms with Gasteiger partial charge in [0.05, 0.1) is 17.5 Å². The summed E-state index contributed by atoms with van der Waals surface area (Å²) < 4.78 is 31.2. The number of primary amides is 1. The first-order valence-electron chi connectivity index (χ1n) is 6.00. The van der Waals surface area contributed by atoms with Crippen LogP contribution in [0.2, 0.25) is 0 Å². The molecule has 8 nitrogen and oxygen atoms in total. The Hall–Kier alpha value is -2.13. The highest BCUT2D eigenvalue weighted by Crippen LogP contribution is 2.23. The zero-order valence-corrected chi connectivity index (χ0v) is 12.3. The molecule has 0 spiro atoms. The number of aromatic carboxylic acids is 1. The number of ether oxygens (including phenoxy) is 1. The van der Waals surface area contributed by atoms with Gasteiger partial charge in [0.25, 0.3) is 0 Å². The molecular formula is C12H16N2O6S. The molecule has 9 heteroatoms. The zero-order chi connectivity index (χ0) is 16.2. The van der Waals surface area contributed by atoms with E-state index in [2.05, 4.69) is 4.72 Å². The number of benzene rings is 1. The first-order chi connectivity index (χ1) is 9.69. The van der Waals surface area contributed by atoms with Crippen molar-refractivity contribution in [3.8, 4) is 5.75 Å². The quantitative estimate of drug-likeness (QED) is 0.644. The summed E-state index contributed by atoms with van der Waals surface area (Å²) in [7, 11) is -4.06. The highest BCUT2D eigenvalue weighted by Gasteiger charge is 2.23. The molecule has 0 bridgehead atoms. The van der Waals surface area contributed by atoms with Crippen LogP contribution in [0.1, 0.15) is 24.2 Å². The average Bonchev–Trinajstić information content (AvgIpc) is 2.38. The third-order valence-electron chi connectivity index (χ3n) is 2.55. The van der Waals surface area contributed by atoms with Gasteiger partial charge >= 0.3 is 5.97 Å². The van der Waals surface area contributed by atoms with E-state index in [0.29, 0.717) is 0 Å². The number of carboxylic acids is 1. The van der Waals surface area contributed by atoms with E-state index >= 15 is 0 Å². The van der Waals surface area contributed by atoms with E-state index in [-0.39, 0.29) is 22.8 Å². The Labute approximate surface area is 122 Å². The number of hydrogen-bond acceptors (Lipinski definition) is 5. The van der Waals surface area contributed by atoms with Crippen molar-refractivity contribution in [3.63, 3.8) is 0 Å². The number of nitrogens with one attached hydrogen (secondary N) is 1. The van der Waals surface area contributed by atoms with Gasteiger partial charge in [-0.3, -0.25) is 4.79 Å². The number of nitrogens with two attached hydrogens (primary N) is 1. The van der Waals surface area contributed by atoms with Crippen LogP contribution in [0.25, 0.3) is 0 Å². The van der Waals surface area contributed by atoms with Crippen molar-refractivity contribution >= 4 is 21.9 Å². The highest BCUT2D eigenvalue weighted by molar-refractivity contribution is 7.89. The van der Waals surface area contributed by atoms with E-state index in [1.807, 2.05) is 0 Å². The Balaban J connectivity index is 3.22. The van der Waals surface area contributed by atoms with Gasteiger partial charge in [0.2, 0.25) is 15.9 Å². The predicted octanol–water partition coefficient (Wildman–Crippen LogP) is -0.0644. The molecule has 0 aliphatic rings. The van der Waals surface area contributed by atoms with Crippen LogP contribution in [0, 0.1) is 0 Å². The van der Waals surface area contributed by atoms with Crippen LogP contribution in [-0.2, 0) is 14.8 Å². The van der Waals surface area contributed by atoms with E-state index in [4.69, 9.17) is 15.6 Å². The van der Waals surface area contributed by atoms with Crippen molar-refractivity contribution in [2.75, 3.05) is 6.61 Å². The minimum atomic E-state index is -4.06. The lowest BCUT2D eigenvalue weighted by atomic mass is 10.2. The largest absolute Gasteiger partial charge is 0.493 e. The van der Waals surface area contributed by atoms with E-state index in [1.165, 1.54) is 19.1 Å². The number of rotatable bonds is 7. The fourth-order valence-electron chi connectivity index (χ4n) is 1.48. The summed E-state index contributed by atoms with van der Waals surface area (Å²) in [6.45, 7) is 3.20. The molecule has 0 saturated heterocycles. The molecule has 116 valence electrons. The number of amides is 1. The van der Waals surface area contributed by atoms with Crippen molar-refractivity contribution in [1.29, 1.82) is 0 Å². The van der Waals surface area contributed by atoms with Crippen molar-refractivity contribution in [2.24, 2.45) is 5.73 Å². The van der Waals surface area contributed by atoms with Crippen molar-refractivity contribution in [2.45, 2.75) is 24.8 Å². The Kier molecular flexibility index (Phi) is 5.28. The number of carbonyl (C=O) groups excluding carboxylic acids is 1. The van der Waals surface area contributed by atoms with Crippen molar-refractivity contribution < 1.29 is 27.9 Å². The molecule has 0 saturated carbocycles. The second kappa shape index (κ2) is 6.55. The average molecular weight is 316 g/mol. The van der Waals surface area contributed by atoms with Gasteiger partial charge in [-0.1, -0.05) is 0 Å². The van der Waals surface area contributed by atoms with Gasteiger partial charge < -0.3 is 15.6 Å². The van der Waals surface area contributed by atoms with Gasteiger partial charge in [-0.15, -0.1) is 0 Å². The van der Waals surface area contributed by atoms with Gasteiger partial charge in [0.15, 0.2) is 0 Å². The Morgan fingerprint density at radius 3 is 2.52 bits per heavy atom. The molecule has 0 fully saturated rings. The fourth-order valence-corrected chi connectivity index (χ4v) is 2.72. The number of sulfonamides is 1. The minimum absolute atomic E-state index is 0.0619. The van der Waals surface area contributed by atoms with E-state index < -0.39 is 27.9 Å². The molecule has 0 aliphatic carbocycles. The Bertz CT molecular complexity index is 656. The molecular weight excluding hydrogens is 300 g/mol. The second-order valence-electron chi connectivity index (χ2n) is 4.14. The van der Waals surface area contributed by atoms with E-state index in [1.54, 1.807) is 6.92 Å². The third-order valence-corrected chi connectivity index (χ3v) is 4.09. The number of carboxylic acid groups (broad SMARTS) is 1. The Morgan fingerprint density at radius 2 is 2.05 bits per heavy atom. The molecule has 1 amide bonds. The molecule has 0 radical (unpaired) electrons. The molecule has 0 aliphatic heterocycles. The normalized spacial score (nSPS) is 12.7. The first-order valence-corrected chi connectivity index (χ1v) is 7.49. The lowest BCUT2D eigenvalue weighted by Gasteiger charge is -2.13. The maximum Gasteiger partial charge on any atom is 0.339 e. The standard InChI is InChI=1S/C12H16N2O6S/c1-3-20-10-5-4-8(6-9(10)12(16)17)21(18,19)14-7(2)11(13)15/h4-7,14H,3H2,1-2H3,(H2,13,15)(H,16,17). The van der Waals surface area contributed by atoms with Gasteiger partial charge in [-0.2, -0.15) is 4.72 Å². The lowest BCUT2D eigenvalue weighted by Crippen LogP contribution is -2.42. The molecule has 1 aromatic carbocycles. The van der Waals surface area contributed by atoms with Crippen LogP contribution in [0.4, 0.5) is 0 Å². The molecule has 0 heterocycles. The number of carbonyl (C=O) groups is 2. The summed E-state index contributed by atoms with van der Waals surface area (Å²) in [5, 5.41) is 9.08. The van der Waals surface area contributed by atoms with E-state index in [0.717, 1.165) is 6.07 Å². The van der Waals surface area contributed by atoms with Crippen LogP contribution in [0.3, 0.4) is 0 Å². The van der Waals surface area contributed by atoms with Crippen LogP contribution in [-0.4, -0.2) is 38.0 Å². The second-order valence-corrected chi connectivity index (χ2v) is 5.86. The van der Waals surface area contributed by atoms with Gasteiger partial charge in [-0.05, 0) is 32.0 Å². The molecule has 4 N–H and O–H groups in total. The maximum atomic E-state index is 12.0. The van der Waals surface area contributed by atoms with Crippen LogP contribution >= 0.6 is 0 Å². The highest BCUT2D eigenvalue weighted by atomic mass is 32.2. The van der Waals surface area contributed by atoms with Crippen LogP contribution < -0.4 is 15.2 Å². The lowest BCUT2D eigenvalue weighted by molar-refractivity contribution is -0.119. The maximum absolute atomic E-state index is 12.0. The first kappa shape index (κ1) is 16.9. The monoisotopic (exact) mass is 316 g/mol. The summed E-state index contributed by atoms with van der Waals surface area (Å²) >= 11 is 0. The fraction of sp³-hybridized carbons (Fsp3) is 0.333. The zero-order valence-electron chi connectivity index (χ0n) is 11.5. The summed E-state index contributed by atoms with van der Waals surface area (Å²) in [6.07, 6.45) is 0. The smallest absolute Gasteiger partial charge is 0.339 e.